The van der Waals surface area contributed by atoms with Gasteiger partial charge in [0.2, 0.25) is 12.8 Å². The molecule has 0 radical (unpaired) electrons. The van der Waals surface area contributed by atoms with Crippen molar-refractivity contribution in [3.63, 3.8) is 0 Å². The highest BCUT2D eigenvalue weighted by Gasteiger charge is 2.93. The summed E-state index contributed by atoms with van der Waals surface area (Å²) in [7, 11) is 0. The van der Waals surface area contributed by atoms with Crippen molar-refractivity contribution in [1.29, 1.82) is 0 Å². The van der Waals surface area contributed by atoms with Crippen LogP contribution in [0.5, 0.6) is 0 Å². The van der Waals surface area contributed by atoms with Crippen molar-refractivity contribution in [2.24, 2.45) is 5.92 Å². The van der Waals surface area contributed by atoms with Gasteiger partial charge in [0.15, 0.2) is 0 Å². The second kappa shape index (κ2) is 7.89. The summed E-state index contributed by atoms with van der Waals surface area (Å²) in [5, 5.41) is 70.4. The average molecular weight is 456 g/mol. The summed E-state index contributed by atoms with van der Waals surface area (Å²) in [4.78, 5) is 59.6. The summed E-state index contributed by atoms with van der Waals surface area (Å²) in [5.41, 5.74) is -11.8. The molecule has 1 fully saturated rings. The molecule has 1 aliphatic carbocycles. The van der Waals surface area contributed by atoms with Crippen LogP contribution in [-0.4, -0.2) is 46.5 Å². The SMILES string of the molecule is O=[N+]([O-])C1([N+](=O)[O-])CC([N+](=O)[O-])([N+](=O)[O-])C(C=Cc2ccccc2)C([N+](=O)[O-])([N+](=O)[O-])C1. The Bertz CT molecular complexity index is 954. The third-order valence-electron chi connectivity index (χ3n) is 5.31. The Balaban J connectivity index is 2.99. The van der Waals surface area contributed by atoms with Crippen LogP contribution < -0.4 is 0 Å². The maximum absolute atomic E-state index is 11.8. The Morgan fingerprint density at radius 1 is 0.656 bits per heavy atom. The van der Waals surface area contributed by atoms with Gasteiger partial charge in [-0.05, 0) is 5.56 Å². The number of benzene rings is 1. The van der Waals surface area contributed by atoms with E-state index in [0.29, 0.717) is 6.08 Å². The molecule has 0 aliphatic heterocycles. The van der Waals surface area contributed by atoms with Gasteiger partial charge in [0.05, 0.1) is 9.85 Å². The number of nitrogens with zero attached hydrogens (tertiary/aromatic N) is 6. The van der Waals surface area contributed by atoms with Crippen molar-refractivity contribution in [2.45, 2.75) is 29.8 Å². The molecule has 0 atom stereocenters. The van der Waals surface area contributed by atoms with Gasteiger partial charge < -0.3 is 0 Å². The van der Waals surface area contributed by atoms with E-state index in [9.17, 15) is 60.7 Å². The summed E-state index contributed by atoms with van der Waals surface area (Å²) in [5.74, 6) is -2.83. The Hall–Kier alpha value is -4.64. The molecular weight excluding hydrogens is 444 g/mol. The molecule has 0 unspecified atom stereocenters. The lowest BCUT2D eigenvalue weighted by Crippen LogP contribution is -2.75. The molecule has 0 heterocycles. The Morgan fingerprint density at radius 2 is 1.03 bits per heavy atom. The van der Waals surface area contributed by atoms with E-state index in [-0.39, 0.29) is 5.56 Å². The zero-order chi connectivity index (χ0) is 24.5. The molecular formula is C14H12N6O12. The molecule has 1 aromatic carbocycles. The van der Waals surface area contributed by atoms with E-state index in [4.69, 9.17) is 0 Å². The van der Waals surface area contributed by atoms with Gasteiger partial charge in [-0.25, -0.2) is 0 Å². The Kier molecular flexibility index (Phi) is 5.83. The molecule has 0 N–H and O–H groups in total. The second-order valence-electron chi connectivity index (χ2n) is 6.88. The lowest BCUT2D eigenvalue weighted by atomic mass is 9.67. The predicted octanol–water partition coefficient (Wildman–Crippen LogP) is 0.859. The molecule has 18 nitrogen and oxygen atoms in total. The summed E-state index contributed by atoms with van der Waals surface area (Å²) < 4.78 is 0. The maximum atomic E-state index is 11.8. The molecule has 0 bridgehead atoms. The molecule has 0 amide bonds. The predicted molar refractivity (Wildman–Crippen MR) is 98.4 cm³/mol. The highest BCUT2D eigenvalue weighted by molar-refractivity contribution is 5.49. The maximum Gasteiger partial charge on any atom is 0.493 e. The Labute approximate surface area is 175 Å². The zero-order valence-electron chi connectivity index (χ0n) is 15.6. The third-order valence-corrected chi connectivity index (χ3v) is 5.31. The smallest absolute Gasteiger partial charge is 0.258 e. The summed E-state index contributed by atoms with van der Waals surface area (Å²) in [6.45, 7) is 0. The lowest BCUT2D eigenvalue weighted by Gasteiger charge is -2.34. The first-order valence-corrected chi connectivity index (χ1v) is 8.39. The van der Waals surface area contributed by atoms with E-state index in [1.54, 1.807) is 0 Å². The van der Waals surface area contributed by atoms with Gasteiger partial charge in [0, 0.05) is 0 Å². The minimum absolute atomic E-state index is 0.175. The van der Waals surface area contributed by atoms with Crippen LogP contribution in [-0.2, 0) is 0 Å². The third kappa shape index (κ3) is 3.22. The molecule has 32 heavy (non-hydrogen) atoms. The zero-order valence-corrected chi connectivity index (χ0v) is 15.6. The monoisotopic (exact) mass is 456 g/mol. The number of rotatable bonds is 8. The van der Waals surface area contributed by atoms with Crippen molar-refractivity contribution in [3.05, 3.63) is 103 Å². The topological polar surface area (TPSA) is 259 Å². The first-order chi connectivity index (χ1) is 14.8. The van der Waals surface area contributed by atoms with E-state index in [2.05, 4.69) is 0 Å². The van der Waals surface area contributed by atoms with Gasteiger partial charge in [0.25, 0.3) is 5.92 Å². The fourth-order valence-corrected chi connectivity index (χ4v) is 3.74. The van der Waals surface area contributed by atoms with E-state index in [0.717, 1.165) is 6.08 Å². The minimum atomic E-state index is -4.04. The molecule has 0 saturated heterocycles. The van der Waals surface area contributed by atoms with Crippen LogP contribution in [0.15, 0.2) is 36.4 Å². The minimum Gasteiger partial charge on any atom is -0.258 e. The van der Waals surface area contributed by atoms with Crippen molar-refractivity contribution in [2.75, 3.05) is 0 Å². The van der Waals surface area contributed by atoms with Gasteiger partial charge in [-0.3, -0.25) is 60.7 Å². The molecule has 0 spiro atoms. The van der Waals surface area contributed by atoms with E-state index < -0.39 is 65.3 Å². The molecule has 170 valence electrons. The van der Waals surface area contributed by atoms with Gasteiger partial charge in [-0.15, -0.1) is 0 Å². The van der Waals surface area contributed by atoms with Crippen molar-refractivity contribution in [3.8, 4) is 0 Å². The van der Waals surface area contributed by atoms with Crippen LogP contribution >= 0.6 is 0 Å². The average Bonchev–Trinajstić information content (AvgIpc) is 2.71. The van der Waals surface area contributed by atoms with E-state index >= 15 is 0 Å². The van der Waals surface area contributed by atoms with E-state index in [1.807, 2.05) is 0 Å². The summed E-state index contributed by atoms with van der Waals surface area (Å²) >= 11 is 0. The quantitative estimate of drug-likeness (QED) is 0.299. The van der Waals surface area contributed by atoms with Crippen LogP contribution in [0.25, 0.3) is 6.08 Å². The summed E-state index contributed by atoms with van der Waals surface area (Å²) in [6.07, 6.45) is -2.78. The van der Waals surface area contributed by atoms with Crippen LogP contribution in [0.3, 0.4) is 0 Å². The van der Waals surface area contributed by atoms with Gasteiger partial charge >= 0.3 is 17.0 Å². The molecule has 2 rings (SSSR count). The van der Waals surface area contributed by atoms with Crippen LogP contribution in [0.2, 0.25) is 0 Å². The van der Waals surface area contributed by atoms with Gasteiger partial charge in [0.1, 0.15) is 19.7 Å². The highest BCUT2D eigenvalue weighted by Crippen LogP contribution is 2.51. The van der Waals surface area contributed by atoms with E-state index in [1.165, 1.54) is 30.3 Å². The van der Waals surface area contributed by atoms with Crippen LogP contribution in [0.4, 0.5) is 0 Å². The highest BCUT2D eigenvalue weighted by atomic mass is 16.7. The van der Waals surface area contributed by atoms with Gasteiger partial charge in [-0.1, -0.05) is 42.5 Å². The van der Waals surface area contributed by atoms with Crippen molar-refractivity contribution >= 4 is 6.08 Å². The second-order valence-corrected chi connectivity index (χ2v) is 6.88. The number of hydrogen-bond donors (Lipinski definition) is 0. The normalized spacial score (nSPS) is 19.1. The van der Waals surface area contributed by atoms with Gasteiger partial charge in [-0.2, -0.15) is 0 Å². The molecule has 18 heteroatoms. The first kappa shape index (κ1) is 23.6. The van der Waals surface area contributed by atoms with Crippen molar-refractivity contribution in [1.82, 2.24) is 0 Å². The molecule has 0 aromatic heterocycles. The first-order valence-electron chi connectivity index (χ1n) is 8.39. The molecule has 1 aromatic rings. The fourth-order valence-electron chi connectivity index (χ4n) is 3.74. The van der Waals surface area contributed by atoms with Crippen LogP contribution in [0, 0.1) is 66.6 Å². The fraction of sp³-hybridized carbons (Fsp3) is 0.429. The molecule has 1 aliphatic rings. The number of hydrogen-bond acceptors (Lipinski definition) is 12. The Morgan fingerprint density at radius 3 is 1.34 bits per heavy atom. The van der Waals surface area contributed by atoms with Crippen molar-refractivity contribution < 1.29 is 29.5 Å². The molecule has 1 saturated carbocycles. The lowest BCUT2D eigenvalue weighted by molar-refractivity contribution is -0.910. The standard InChI is InChI=1S/C14H12N6O12/c21-15(22)12(16(23)24)8-13(17(25)26,18(27)28)11(7-6-10-4-2-1-3-5-10)14(9-12,19(29)30)20(31)32/h1-7,11H,8-9H2. The van der Waals surface area contributed by atoms with Crippen LogP contribution in [0.1, 0.15) is 18.4 Å². The summed E-state index contributed by atoms with van der Waals surface area (Å²) in [6, 6.07) is 7.16. The largest absolute Gasteiger partial charge is 0.493 e. The number of nitro groups is 6.